The molecule has 3 atom stereocenters. The van der Waals surface area contributed by atoms with Gasteiger partial charge in [-0.25, -0.2) is 4.57 Å². The molecule has 0 spiro atoms. The lowest BCUT2D eigenvalue weighted by Crippen LogP contribution is -2.28. The first-order valence-corrected chi connectivity index (χ1v) is 22.4. The highest BCUT2D eigenvalue weighted by Gasteiger charge is 2.27. The number of carbonyl (C=O) groups is 2. The molecule has 0 amide bonds. The molecule has 3 unspecified atom stereocenters. The van der Waals surface area contributed by atoms with Crippen LogP contribution in [-0.4, -0.2) is 65.7 Å². The molecule has 0 aliphatic rings. The number of allylic oxidation sites excluding steroid dienone is 12. The largest absolute Gasteiger partial charge is 0.472 e. The van der Waals surface area contributed by atoms with Crippen LogP contribution in [0, 0.1) is 0 Å². The molecule has 55 heavy (non-hydrogen) atoms. The fraction of sp³-hybridized carbons (Fsp3) is 0.682. The van der Waals surface area contributed by atoms with Gasteiger partial charge in [-0.05, 0) is 83.5 Å². The first kappa shape index (κ1) is 52.4. The summed E-state index contributed by atoms with van der Waals surface area (Å²) in [7, 11) is -4.65. The van der Waals surface area contributed by atoms with Gasteiger partial charge in [-0.15, -0.1) is 0 Å². The van der Waals surface area contributed by atoms with Crippen molar-refractivity contribution in [2.24, 2.45) is 0 Å². The van der Waals surface area contributed by atoms with Crippen LogP contribution in [0.5, 0.6) is 0 Å². The minimum absolute atomic E-state index is 0.149. The molecule has 0 bridgehead atoms. The standard InChI is InChI=1S/C44H75O10P/c1-3-5-7-9-11-13-15-17-18-19-20-21-22-24-26-28-30-32-34-36-44(48)54-42(38-46)40-52-55(49,50)51-39-41(37-45)53-43(47)35-33-31-29-27-25-23-16-14-12-10-8-6-4-2/h5,7,11,13-14,16-18,20-21,24,26,41-42,45-46H,3-4,6,8-10,12,15,19,22-23,25,27-40H2,1-2H3,(H,49,50)/b7-5-,13-11-,16-14-,18-17-,21-20-,26-24-. The number of hydrogen-bond acceptors (Lipinski definition) is 9. The normalized spacial score (nSPS) is 14.6. The van der Waals surface area contributed by atoms with Gasteiger partial charge in [-0.3, -0.25) is 18.6 Å². The highest BCUT2D eigenvalue weighted by molar-refractivity contribution is 7.47. The maximum Gasteiger partial charge on any atom is 0.472 e. The van der Waals surface area contributed by atoms with E-state index in [9.17, 15) is 29.3 Å². The van der Waals surface area contributed by atoms with Gasteiger partial charge in [0.1, 0.15) is 12.2 Å². The summed E-state index contributed by atoms with van der Waals surface area (Å²) in [5, 5.41) is 19.1. The number of rotatable bonds is 38. The molecular formula is C44H75O10P. The van der Waals surface area contributed by atoms with Crippen molar-refractivity contribution in [1.29, 1.82) is 0 Å². The van der Waals surface area contributed by atoms with E-state index in [2.05, 4.69) is 86.8 Å². The van der Waals surface area contributed by atoms with Crippen molar-refractivity contribution < 1.29 is 47.8 Å². The quantitative estimate of drug-likeness (QED) is 0.0239. The van der Waals surface area contributed by atoms with Crippen LogP contribution >= 0.6 is 7.82 Å². The van der Waals surface area contributed by atoms with Gasteiger partial charge in [0, 0.05) is 12.8 Å². The molecule has 0 rings (SSSR count). The SMILES string of the molecule is CC/C=C\C/C=C\C/C=C\C/C=C\C/C=C\CCCCCC(=O)OC(CO)COP(=O)(O)OCC(CO)OC(=O)CCCCCCC/C=C\CCCCCC. The van der Waals surface area contributed by atoms with E-state index >= 15 is 0 Å². The highest BCUT2D eigenvalue weighted by Crippen LogP contribution is 2.43. The smallest absolute Gasteiger partial charge is 0.457 e. The summed E-state index contributed by atoms with van der Waals surface area (Å²) in [6.07, 6.45) is 44.4. The van der Waals surface area contributed by atoms with E-state index in [0.717, 1.165) is 89.9 Å². The number of phosphoric ester groups is 1. The van der Waals surface area contributed by atoms with Crippen LogP contribution in [0.2, 0.25) is 0 Å². The molecule has 0 heterocycles. The number of unbranched alkanes of at least 4 members (excludes halogenated alkanes) is 12. The first-order valence-electron chi connectivity index (χ1n) is 20.9. The maximum atomic E-state index is 12.3. The molecule has 0 saturated carbocycles. The number of ether oxygens (including phenoxy) is 2. The van der Waals surface area contributed by atoms with Crippen LogP contribution in [0.25, 0.3) is 0 Å². The highest BCUT2D eigenvalue weighted by atomic mass is 31.2. The second-order valence-electron chi connectivity index (χ2n) is 13.6. The Labute approximate surface area is 333 Å². The first-order chi connectivity index (χ1) is 26.8. The van der Waals surface area contributed by atoms with Gasteiger partial charge in [-0.2, -0.15) is 0 Å². The van der Waals surface area contributed by atoms with Gasteiger partial charge in [0.05, 0.1) is 26.4 Å². The second kappa shape index (κ2) is 39.6. The van der Waals surface area contributed by atoms with Crippen molar-refractivity contribution in [1.82, 2.24) is 0 Å². The zero-order valence-corrected chi connectivity index (χ0v) is 35.0. The van der Waals surface area contributed by atoms with Crippen LogP contribution in [0.1, 0.15) is 155 Å². The Morgan fingerprint density at radius 1 is 0.509 bits per heavy atom. The third-order valence-corrected chi connectivity index (χ3v) is 9.35. The number of aliphatic hydroxyl groups excluding tert-OH is 2. The van der Waals surface area contributed by atoms with Gasteiger partial charge in [0.2, 0.25) is 0 Å². The molecule has 0 aromatic carbocycles. The summed E-state index contributed by atoms with van der Waals surface area (Å²) < 4.78 is 32.5. The summed E-state index contributed by atoms with van der Waals surface area (Å²) in [5.41, 5.74) is 0. The molecule has 11 heteroatoms. The predicted molar refractivity (Wildman–Crippen MR) is 223 cm³/mol. The molecule has 0 aliphatic carbocycles. The Balaban J connectivity index is 4.03. The van der Waals surface area contributed by atoms with Crippen molar-refractivity contribution >= 4 is 19.8 Å². The average molecular weight is 795 g/mol. The van der Waals surface area contributed by atoms with Crippen molar-refractivity contribution in [2.75, 3.05) is 26.4 Å². The van der Waals surface area contributed by atoms with Crippen molar-refractivity contribution in [3.63, 3.8) is 0 Å². The van der Waals surface area contributed by atoms with Gasteiger partial charge < -0.3 is 24.6 Å². The molecule has 0 radical (unpaired) electrons. The summed E-state index contributed by atoms with van der Waals surface area (Å²) in [6.45, 7) is 2.01. The van der Waals surface area contributed by atoms with Crippen molar-refractivity contribution in [2.45, 2.75) is 167 Å². The third-order valence-electron chi connectivity index (χ3n) is 8.40. The zero-order chi connectivity index (χ0) is 40.5. The molecule has 0 saturated heterocycles. The minimum Gasteiger partial charge on any atom is -0.457 e. The molecule has 0 aromatic rings. The minimum atomic E-state index is -4.65. The monoisotopic (exact) mass is 795 g/mol. The van der Waals surface area contributed by atoms with E-state index in [1.165, 1.54) is 25.7 Å². The zero-order valence-electron chi connectivity index (χ0n) is 34.1. The van der Waals surface area contributed by atoms with Gasteiger partial charge in [0.15, 0.2) is 0 Å². The number of hydrogen-bond donors (Lipinski definition) is 3. The topological polar surface area (TPSA) is 149 Å². The lowest BCUT2D eigenvalue weighted by molar-refractivity contribution is -0.153. The summed E-state index contributed by atoms with van der Waals surface area (Å²) >= 11 is 0. The van der Waals surface area contributed by atoms with Gasteiger partial charge >= 0.3 is 19.8 Å². The number of esters is 2. The van der Waals surface area contributed by atoms with Gasteiger partial charge in [0.25, 0.3) is 0 Å². The van der Waals surface area contributed by atoms with Crippen molar-refractivity contribution in [3.8, 4) is 0 Å². The summed E-state index contributed by atoms with van der Waals surface area (Å²) in [4.78, 5) is 34.4. The lowest BCUT2D eigenvalue weighted by Gasteiger charge is -2.20. The van der Waals surface area contributed by atoms with Gasteiger partial charge in [-0.1, -0.05) is 132 Å². The van der Waals surface area contributed by atoms with E-state index in [-0.39, 0.29) is 12.8 Å². The predicted octanol–water partition coefficient (Wildman–Crippen LogP) is 10.9. The fourth-order valence-corrected chi connectivity index (χ4v) is 5.98. The maximum absolute atomic E-state index is 12.3. The van der Waals surface area contributed by atoms with E-state index in [4.69, 9.17) is 18.5 Å². The van der Waals surface area contributed by atoms with E-state index in [1.54, 1.807) is 0 Å². The molecule has 3 N–H and O–H groups in total. The number of carbonyl (C=O) groups excluding carboxylic acids is 2. The molecule has 0 aromatic heterocycles. The molecule has 0 aliphatic heterocycles. The van der Waals surface area contributed by atoms with Crippen LogP contribution in [0.15, 0.2) is 72.9 Å². The lowest BCUT2D eigenvalue weighted by atomic mass is 10.1. The van der Waals surface area contributed by atoms with Crippen LogP contribution < -0.4 is 0 Å². The van der Waals surface area contributed by atoms with E-state index in [0.29, 0.717) is 12.8 Å². The Bertz CT molecular complexity index is 1140. The molecule has 316 valence electrons. The van der Waals surface area contributed by atoms with Crippen LogP contribution in [-0.2, 0) is 32.7 Å². The van der Waals surface area contributed by atoms with Crippen LogP contribution in [0.3, 0.4) is 0 Å². The molecular weight excluding hydrogens is 719 g/mol. The number of phosphoric acid groups is 1. The summed E-state index contributed by atoms with van der Waals surface area (Å²) in [6, 6.07) is 0. The van der Waals surface area contributed by atoms with E-state index in [1.807, 2.05) is 0 Å². The Kier molecular flexibility index (Phi) is 37.8. The Hall–Kier alpha value is -2.59. The van der Waals surface area contributed by atoms with E-state index < -0.39 is 58.4 Å². The Morgan fingerprint density at radius 3 is 1.27 bits per heavy atom. The summed E-state index contributed by atoms with van der Waals surface area (Å²) in [5.74, 6) is -1.07. The third kappa shape index (κ3) is 38.1. The average Bonchev–Trinajstić information content (AvgIpc) is 3.17. The fourth-order valence-electron chi connectivity index (χ4n) is 5.19. The molecule has 0 fully saturated rings. The second-order valence-corrected chi connectivity index (χ2v) is 15.0. The van der Waals surface area contributed by atoms with Crippen LogP contribution in [0.4, 0.5) is 0 Å². The number of aliphatic hydroxyl groups is 2. The molecule has 10 nitrogen and oxygen atoms in total. The van der Waals surface area contributed by atoms with Crippen molar-refractivity contribution in [3.05, 3.63) is 72.9 Å². The Morgan fingerprint density at radius 2 is 0.855 bits per heavy atom.